The molecule has 0 amide bonds. The molecule has 1 aromatic heterocycles. The zero-order valence-electron chi connectivity index (χ0n) is 11.9. The number of aliphatic hydroxyl groups excluding tert-OH is 1. The Bertz CT molecular complexity index is 393. The summed E-state index contributed by atoms with van der Waals surface area (Å²) in [6.45, 7) is 8.53. The minimum Gasteiger partial charge on any atom is -0.391 e. The van der Waals surface area contributed by atoms with Gasteiger partial charge in [-0.1, -0.05) is 13.8 Å². The van der Waals surface area contributed by atoms with Crippen LogP contribution in [-0.2, 0) is 0 Å². The van der Waals surface area contributed by atoms with Crippen molar-refractivity contribution < 1.29 is 5.11 Å². The number of hydrogen-bond donors (Lipinski definition) is 3. The van der Waals surface area contributed by atoms with Crippen LogP contribution in [0.2, 0.25) is 0 Å². The van der Waals surface area contributed by atoms with Gasteiger partial charge < -0.3 is 15.7 Å². The summed E-state index contributed by atoms with van der Waals surface area (Å²) in [6.07, 6.45) is 0.437. The van der Waals surface area contributed by atoms with Crippen LogP contribution in [0.4, 0.5) is 11.6 Å². The van der Waals surface area contributed by atoms with Gasteiger partial charge in [-0.25, -0.2) is 9.97 Å². The lowest BCUT2D eigenvalue weighted by atomic mass is 10.1. The Morgan fingerprint density at radius 1 is 1.17 bits per heavy atom. The Labute approximate surface area is 109 Å². The lowest BCUT2D eigenvalue weighted by molar-refractivity contribution is 0.161. The van der Waals surface area contributed by atoms with Crippen molar-refractivity contribution in [1.82, 2.24) is 9.97 Å². The van der Waals surface area contributed by atoms with Gasteiger partial charge in [0.25, 0.3) is 0 Å². The van der Waals surface area contributed by atoms with Crippen molar-refractivity contribution in [2.24, 2.45) is 5.92 Å². The third-order valence-electron chi connectivity index (χ3n) is 2.74. The summed E-state index contributed by atoms with van der Waals surface area (Å²) in [4.78, 5) is 8.66. The Morgan fingerprint density at radius 2 is 1.78 bits per heavy atom. The van der Waals surface area contributed by atoms with Gasteiger partial charge in [-0.15, -0.1) is 0 Å². The van der Waals surface area contributed by atoms with E-state index in [1.54, 1.807) is 0 Å². The molecule has 1 rings (SSSR count). The molecule has 3 N–H and O–H groups in total. The first kappa shape index (κ1) is 14.7. The van der Waals surface area contributed by atoms with E-state index in [1.807, 2.05) is 20.9 Å². The highest BCUT2D eigenvalue weighted by Gasteiger charge is 2.11. The van der Waals surface area contributed by atoms with Crippen molar-refractivity contribution in [3.05, 3.63) is 11.4 Å². The van der Waals surface area contributed by atoms with Crippen molar-refractivity contribution in [3.8, 4) is 0 Å². The van der Waals surface area contributed by atoms with Gasteiger partial charge in [-0.05, 0) is 26.2 Å². The third kappa shape index (κ3) is 4.14. The predicted octanol–water partition coefficient (Wildman–Crippen LogP) is 1.95. The predicted molar refractivity (Wildman–Crippen MR) is 75.0 cm³/mol. The van der Waals surface area contributed by atoms with Gasteiger partial charge in [-0.3, -0.25) is 0 Å². The molecule has 0 spiro atoms. The first-order chi connectivity index (χ1) is 8.43. The molecule has 0 radical (unpaired) electrons. The van der Waals surface area contributed by atoms with Crippen LogP contribution in [-0.4, -0.2) is 34.8 Å². The number of nitrogens with one attached hydrogen (secondary N) is 2. The number of hydrogen-bond acceptors (Lipinski definition) is 5. The highest BCUT2D eigenvalue weighted by atomic mass is 16.3. The van der Waals surface area contributed by atoms with E-state index in [1.165, 1.54) is 0 Å². The number of aliphatic hydroxyl groups is 1. The standard InChI is InChI=1S/C13H24N4O/c1-8(2)6-11(18)7-15-13-9(3)12(14-5)16-10(4)17-13/h8,11,18H,6-7H2,1-5H3,(H2,14,15,16,17). The molecule has 0 aliphatic rings. The van der Waals surface area contributed by atoms with Gasteiger partial charge in [-0.2, -0.15) is 0 Å². The molecule has 0 saturated carbocycles. The maximum Gasteiger partial charge on any atom is 0.134 e. The molecule has 1 unspecified atom stereocenters. The van der Waals surface area contributed by atoms with Crippen molar-refractivity contribution in [2.75, 3.05) is 24.2 Å². The summed E-state index contributed by atoms with van der Waals surface area (Å²) in [5.41, 5.74) is 0.972. The zero-order valence-corrected chi connectivity index (χ0v) is 11.9. The normalized spacial score (nSPS) is 12.6. The molecule has 18 heavy (non-hydrogen) atoms. The largest absolute Gasteiger partial charge is 0.391 e. The number of anilines is 2. The number of nitrogens with zero attached hydrogens (tertiary/aromatic N) is 2. The Hall–Kier alpha value is -1.36. The van der Waals surface area contributed by atoms with Gasteiger partial charge in [0.05, 0.1) is 6.10 Å². The molecule has 102 valence electrons. The van der Waals surface area contributed by atoms with Gasteiger partial charge >= 0.3 is 0 Å². The molecular formula is C13H24N4O. The van der Waals surface area contributed by atoms with E-state index in [0.717, 1.165) is 23.6 Å². The number of aromatic nitrogens is 2. The third-order valence-corrected chi connectivity index (χ3v) is 2.74. The number of aryl methyl sites for hydroxylation is 1. The molecule has 1 aromatic rings. The fourth-order valence-corrected chi connectivity index (χ4v) is 1.89. The summed E-state index contributed by atoms with van der Waals surface area (Å²) in [5, 5.41) is 16.1. The molecule has 0 aliphatic carbocycles. The van der Waals surface area contributed by atoms with Crippen LogP contribution in [0.3, 0.4) is 0 Å². The van der Waals surface area contributed by atoms with E-state index < -0.39 is 0 Å². The van der Waals surface area contributed by atoms with Crippen LogP contribution < -0.4 is 10.6 Å². The second kappa shape index (κ2) is 6.54. The lowest BCUT2D eigenvalue weighted by Gasteiger charge is -2.16. The molecule has 0 aliphatic heterocycles. The monoisotopic (exact) mass is 252 g/mol. The summed E-state index contributed by atoms with van der Waals surface area (Å²) >= 11 is 0. The maximum absolute atomic E-state index is 9.85. The Balaban J connectivity index is 2.70. The Morgan fingerprint density at radius 3 is 2.33 bits per heavy atom. The van der Waals surface area contributed by atoms with Crippen LogP contribution in [0.25, 0.3) is 0 Å². The average Bonchev–Trinajstić information content (AvgIpc) is 2.28. The van der Waals surface area contributed by atoms with Crippen molar-refractivity contribution in [1.29, 1.82) is 0 Å². The highest BCUT2D eigenvalue weighted by Crippen LogP contribution is 2.19. The van der Waals surface area contributed by atoms with E-state index in [4.69, 9.17) is 0 Å². The quantitative estimate of drug-likeness (QED) is 0.722. The molecule has 0 aromatic carbocycles. The van der Waals surface area contributed by atoms with E-state index >= 15 is 0 Å². The highest BCUT2D eigenvalue weighted by molar-refractivity contribution is 5.56. The molecule has 0 fully saturated rings. The maximum atomic E-state index is 9.85. The van der Waals surface area contributed by atoms with E-state index in [2.05, 4.69) is 34.4 Å². The lowest BCUT2D eigenvalue weighted by Crippen LogP contribution is -2.22. The van der Waals surface area contributed by atoms with Gasteiger partial charge in [0.2, 0.25) is 0 Å². The molecule has 1 heterocycles. The number of rotatable bonds is 6. The fraction of sp³-hybridized carbons (Fsp3) is 0.692. The van der Waals surface area contributed by atoms with E-state index in [9.17, 15) is 5.11 Å². The minimum atomic E-state index is -0.349. The topological polar surface area (TPSA) is 70.1 Å². The first-order valence-electron chi connectivity index (χ1n) is 6.39. The van der Waals surface area contributed by atoms with Crippen molar-refractivity contribution in [2.45, 2.75) is 40.2 Å². The van der Waals surface area contributed by atoms with Crippen molar-refractivity contribution in [3.63, 3.8) is 0 Å². The minimum absolute atomic E-state index is 0.349. The van der Waals surface area contributed by atoms with Gasteiger partial charge in [0, 0.05) is 19.2 Å². The van der Waals surface area contributed by atoms with Gasteiger partial charge in [0.15, 0.2) is 0 Å². The van der Waals surface area contributed by atoms with E-state index in [0.29, 0.717) is 18.3 Å². The average molecular weight is 252 g/mol. The molecular weight excluding hydrogens is 228 g/mol. The second-order valence-corrected chi connectivity index (χ2v) is 5.01. The summed E-state index contributed by atoms with van der Waals surface area (Å²) in [5.74, 6) is 2.81. The zero-order chi connectivity index (χ0) is 13.7. The van der Waals surface area contributed by atoms with Gasteiger partial charge in [0.1, 0.15) is 17.5 Å². The SMILES string of the molecule is CNc1nc(C)nc(NCC(O)CC(C)C)c1C. The summed E-state index contributed by atoms with van der Waals surface area (Å²) in [6, 6.07) is 0. The van der Waals surface area contributed by atoms with Crippen LogP contribution in [0, 0.1) is 19.8 Å². The molecule has 5 nitrogen and oxygen atoms in total. The summed E-state index contributed by atoms with van der Waals surface area (Å²) < 4.78 is 0. The van der Waals surface area contributed by atoms with Crippen LogP contribution >= 0.6 is 0 Å². The first-order valence-corrected chi connectivity index (χ1v) is 6.39. The molecule has 5 heteroatoms. The van der Waals surface area contributed by atoms with E-state index in [-0.39, 0.29) is 6.10 Å². The Kier molecular flexibility index (Phi) is 5.34. The molecule has 0 saturated heterocycles. The molecule has 1 atom stereocenters. The molecule has 0 bridgehead atoms. The van der Waals surface area contributed by atoms with Crippen LogP contribution in [0.1, 0.15) is 31.7 Å². The second-order valence-electron chi connectivity index (χ2n) is 5.01. The van der Waals surface area contributed by atoms with Crippen LogP contribution in [0.5, 0.6) is 0 Å². The summed E-state index contributed by atoms with van der Waals surface area (Å²) in [7, 11) is 1.84. The van der Waals surface area contributed by atoms with Crippen molar-refractivity contribution >= 4 is 11.6 Å². The van der Waals surface area contributed by atoms with Crippen LogP contribution in [0.15, 0.2) is 0 Å². The smallest absolute Gasteiger partial charge is 0.134 e. The fourth-order valence-electron chi connectivity index (χ4n) is 1.89.